The van der Waals surface area contributed by atoms with Gasteiger partial charge in [0.2, 0.25) is 0 Å². The third-order valence-electron chi connectivity index (χ3n) is 3.02. The standard InChI is InChI=1S/C14H22N6OS/c1-9-6-15-12(22-9)10(2)19-13(21)16-7-11-17-8-18-20(11)14(3,4)5/h6,8,10H,7H2,1-5H3,(H2,16,19,21). The van der Waals surface area contributed by atoms with Gasteiger partial charge in [-0.15, -0.1) is 11.3 Å². The molecule has 0 aliphatic carbocycles. The molecule has 1 unspecified atom stereocenters. The Kier molecular flexibility index (Phi) is 4.80. The summed E-state index contributed by atoms with van der Waals surface area (Å²) in [5.41, 5.74) is -0.171. The molecule has 2 heterocycles. The predicted molar refractivity (Wildman–Crippen MR) is 85.7 cm³/mol. The van der Waals surface area contributed by atoms with Crippen LogP contribution in [0.1, 0.15) is 49.4 Å². The molecule has 0 bridgehead atoms. The lowest BCUT2D eigenvalue weighted by atomic mass is 10.1. The lowest BCUT2D eigenvalue weighted by Gasteiger charge is -2.21. The third kappa shape index (κ3) is 4.03. The van der Waals surface area contributed by atoms with Crippen molar-refractivity contribution in [1.82, 2.24) is 30.4 Å². The molecule has 0 aliphatic rings. The van der Waals surface area contributed by atoms with Crippen LogP contribution >= 0.6 is 11.3 Å². The first-order valence-electron chi connectivity index (χ1n) is 7.13. The van der Waals surface area contributed by atoms with E-state index in [1.165, 1.54) is 6.33 Å². The van der Waals surface area contributed by atoms with Crippen LogP contribution in [0, 0.1) is 6.92 Å². The number of thiazole rings is 1. The Morgan fingerprint density at radius 1 is 1.41 bits per heavy atom. The largest absolute Gasteiger partial charge is 0.331 e. The van der Waals surface area contributed by atoms with E-state index in [-0.39, 0.29) is 17.6 Å². The average Bonchev–Trinajstić information content (AvgIpc) is 3.04. The van der Waals surface area contributed by atoms with Gasteiger partial charge in [-0.1, -0.05) is 0 Å². The zero-order chi connectivity index (χ0) is 16.3. The first-order chi connectivity index (χ1) is 10.3. The van der Waals surface area contributed by atoms with E-state index in [0.717, 1.165) is 15.7 Å². The van der Waals surface area contributed by atoms with Crippen LogP contribution in [0.5, 0.6) is 0 Å². The van der Waals surface area contributed by atoms with Crippen LogP contribution in [-0.2, 0) is 12.1 Å². The maximum absolute atomic E-state index is 12.0. The van der Waals surface area contributed by atoms with Gasteiger partial charge in [0.1, 0.15) is 17.2 Å². The minimum atomic E-state index is -0.246. The van der Waals surface area contributed by atoms with Crippen molar-refractivity contribution in [2.24, 2.45) is 0 Å². The molecule has 0 radical (unpaired) electrons. The molecule has 2 aromatic heterocycles. The Morgan fingerprint density at radius 2 is 2.14 bits per heavy atom. The Hall–Kier alpha value is -1.96. The topological polar surface area (TPSA) is 84.7 Å². The number of carbonyl (C=O) groups excluding carboxylic acids is 1. The van der Waals surface area contributed by atoms with Crippen molar-refractivity contribution in [1.29, 1.82) is 0 Å². The summed E-state index contributed by atoms with van der Waals surface area (Å²) < 4.78 is 1.81. The predicted octanol–water partition coefficient (Wildman–Crippen LogP) is 2.36. The lowest BCUT2D eigenvalue weighted by Crippen LogP contribution is -2.38. The first kappa shape index (κ1) is 16.4. The molecule has 2 rings (SSSR count). The molecule has 0 saturated heterocycles. The molecule has 2 N–H and O–H groups in total. The highest BCUT2D eigenvalue weighted by Crippen LogP contribution is 2.18. The molecule has 0 fully saturated rings. The van der Waals surface area contributed by atoms with Crippen molar-refractivity contribution in [2.45, 2.75) is 52.7 Å². The van der Waals surface area contributed by atoms with E-state index >= 15 is 0 Å². The molecule has 0 saturated carbocycles. The van der Waals surface area contributed by atoms with Crippen LogP contribution in [-0.4, -0.2) is 25.8 Å². The van der Waals surface area contributed by atoms with Gasteiger partial charge in [-0.2, -0.15) is 5.10 Å². The van der Waals surface area contributed by atoms with E-state index in [2.05, 4.69) is 25.7 Å². The van der Waals surface area contributed by atoms with Crippen LogP contribution in [0.3, 0.4) is 0 Å². The first-order valence-corrected chi connectivity index (χ1v) is 7.95. The number of hydrogen-bond acceptors (Lipinski definition) is 5. The third-order valence-corrected chi connectivity index (χ3v) is 4.11. The van der Waals surface area contributed by atoms with E-state index in [0.29, 0.717) is 6.54 Å². The highest BCUT2D eigenvalue weighted by atomic mass is 32.1. The zero-order valence-electron chi connectivity index (χ0n) is 13.5. The van der Waals surface area contributed by atoms with Crippen molar-refractivity contribution < 1.29 is 4.79 Å². The second-order valence-electron chi connectivity index (χ2n) is 6.12. The monoisotopic (exact) mass is 322 g/mol. The van der Waals surface area contributed by atoms with Crippen molar-refractivity contribution >= 4 is 17.4 Å². The molecule has 1 atom stereocenters. The Morgan fingerprint density at radius 3 is 2.73 bits per heavy atom. The average molecular weight is 322 g/mol. The maximum atomic E-state index is 12.0. The molecule has 7 nitrogen and oxygen atoms in total. The number of nitrogens with one attached hydrogen (secondary N) is 2. The van der Waals surface area contributed by atoms with E-state index < -0.39 is 0 Å². The van der Waals surface area contributed by atoms with E-state index in [9.17, 15) is 4.79 Å². The highest BCUT2D eigenvalue weighted by molar-refractivity contribution is 7.11. The zero-order valence-corrected chi connectivity index (χ0v) is 14.4. The molecule has 0 aliphatic heterocycles. The van der Waals surface area contributed by atoms with Gasteiger partial charge >= 0.3 is 6.03 Å². The van der Waals surface area contributed by atoms with Gasteiger partial charge < -0.3 is 10.6 Å². The van der Waals surface area contributed by atoms with Crippen LogP contribution in [0.15, 0.2) is 12.5 Å². The number of hydrogen-bond donors (Lipinski definition) is 2. The van der Waals surface area contributed by atoms with Crippen molar-refractivity contribution in [2.75, 3.05) is 0 Å². The van der Waals surface area contributed by atoms with Crippen LogP contribution < -0.4 is 10.6 Å². The fourth-order valence-corrected chi connectivity index (χ4v) is 2.76. The summed E-state index contributed by atoms with van der Waals surface area (Å²) in [6, 6.07) is -0.372. The quantitative estimate of drug-likeness (QED) is 0.905. The van der Waals surface area contributed by atoms with Gasteiger partial charge in [0.15, 0.2) is 0 Å². The molecule has 0 aromatic carbocycles. The molecule has 2 amide bonds. The molecular formula is C14H22N6OS. The number of nitrogens with zero attached hydrogens (tertiary/aromatic N) is 4. The molecule has 22 heavy (non-hydrogen) atoms. The normalized spacial score (nSPS) is 13.0. The van der Waals surface area contributed by atoms with Crippen LogP contribution in [0.2, 0.25) is 0 Å². The Bertz CT molecular complexity index is 642. The summed E-state index contributed by atoms with van der Waals surface area (Å²) in [6.45, 7) is 10.4. The minimum Gasteiger partial charge on any atom is -0.331 e. The maximum Gasteiger partial charge on any atom is 0.315 e. The number of rotatable bonds is 4. The SMILES string of the molecule is Cc1cnc(C(C)NC(=O)NCc2ncnn2C(C)(C)C)s1. The number of aryl methyl sites for hydroxylation is 1. The second-order valence-corrected chi connectivity index (χ2v) is 7.38. The number of carbonyl (C=O) groups is 1. The summed E-state index contributed by atoms with van der Waals surface area (Å²) in [4.78, 5) is 21.6. The van der Waals surface area contributed by atoms with Crippen molar-refractivity contribution in [3.8, 4) is 0 Å². The van der Waals surface area contributed by atoms with Gasteiger partial charge in [0.25, 0.3) is 0 Å². The summed E-state index contributed by atoms with van der Waals surface area (Å²) in [5, 5.41) is 10.8. The van der Waals surface area contributed by atoms with Crippen LogP contribution in [0.4, 0.5) is 4.79 Å². The second kappa shape index (κ2) is 6.43. The smallest absolute Gasteiger partial charge is 0.315 e. The van der Waals surface area contributed by atoms with Gasteiger partial charge in [-0.25, -0.2) is 19.4 Å². The van der Waals surface area contributed by atoms with Gasteiger partial charge in [0.05, 0.1) is 18.1 Å². The van der Waals surface area contributed by atoms with Gasteiger partial charge in [0, 0.05) is 11.1 Å². The van der Waals surface area contributed by atoms with Crippen molar-refractivity contribution in [3.63, 3.8) is 0 Å². The summed E-state index contributed by atoms with van der Waals surface area (Å²) in [7, 11) is 0. The fourth-order valence-electron chi connectivity index (χ4n) is 1.99. The van der Waals surface area contributed by atoms with E-state index in [4.69, 9.17) is 0 Å². The Labute approximate surface area is 134 Å². The molecule has 0 spiro atoms. The van der Waals surface area contributed by atoms with Gasteiger partial charge in [-0.05, 0) is 34.6 Å². The van der Waals surface area contributed by atoms with Crippen molar-refractivity contribution in [3.05, 3.63) is 28.2 Å². The lowest BCUT2D eigenvalue weighted by molar-refractivity contribution is 0.236. The number of urea groups is 1. The summed E-state index contributed by atoms with van der Waals surface area (Å²) in [6.07, 6.45) is 3.31. The number of aromatic nitrogens is 4. The summed E-state index contributed by atoms with van der Waals surface area (Å²) in [5.74, 6) is 0.723. The minimum absolute atomic E-state index is 0.126. The van der Waals surface area contributed by atoms with Crippen LogP contribution in [0.25, 0.3) is 0 Å². The highest BCUT2D eigenvalue weighted by Gasteiger charge is 2.19. The molecule has 8 heteroatoms. The molecule has 2 aromatic rings. The van der Waals surface area contributed by atoms with Gasteiger partial charge in [-0.3, -0.25) is 0 Å². The Balaban J connectivity index is 1.90. The van der Waals surface area contributed by atoms with E-state index in [1.807, 2.05) is 40.8 Å². The number of amides is 2. The van der Waals surface area contributed by atoms with E-state index in [1.54, 1.807) is 16.0 Å². The summed E-state index contributed by atoms with van der Waals surface area (Å²) >= 11 is 1.58. The molecule has 120 valence electrons. The molecular weight excluding hydrogens is 300 g/mol. The fraction of sp³-hybridized carbons (Fsp3) is 0.571.